The molecule has 4 nitrogen and oxygen atoms in total. The van der Waals surface area contributed by atoms with E-state index in [9.17, 15) is 9.59 Å². The zero-order valence-corrected chi connectivity index (χ0v) is 17.5. The molecule has 6 heteroatoms. The van der Waals surface area contributed by atoms with Crippen molar-refractivity contribution >= 4 is 34.8 Å². The van der Waals surface area contributed by atoms with Gasteiger partial charge >= 0.3 is 0 Å². The number of hydrogen-bond donors (Lipinski definition) is 1. The first-order valence-electron chi connectivity index (χ1n) is 9.03. The van der Waals surface area contributed by atoms with E-state index in [4.69, 9.17) is 0 Å². The molecule has 0 aliphatic carbocycles. The molecule has 0 unspecified atom stereocenters. The van der Waals surface area contributed by atoms with Gasteiger partial charge in [-0.25, -0.2) is 4.98 Å². The highest BCUT2D eigenvalue weighted by Gasteiger charge is 2.10. The fourth-order valence-corrected chi connectivity index (χ4v) is 4.36. The summed E-state index contributed by atoms with van der Waals surface area (Å²) in [6.07, 6.45) is 0.754. The number of aryl methyl sites for hydroxylation is 1. The summed E-state index contributed by atoms with van der Waals surface area (Å²) >= 11 is 3.04. The standard InChI is InChI=1S/C22H22N2O2S2/c1-15-3-7-18(8-4-15)20-13-27-22(24-20)28-14-21(26)19-9-5-17(6-10-19)11-12-23-16(2)25/h3-10,13H,11-12,14H2,1-2H3,(H,23,25). The quantitative estimate of drug-likeness (QED) is 0.429. The molecule has 0 fully saturated rings. The van der Waals surface area contributed by atoms with Gasteiger partial charge < -0.3 is 5.32 Å². The van der Waals surface area contributed by atoms with Crippen molar-refractivity contribution < 1.29 is 9.59 Å². The molecule has 3 aromatic rings. The minimum absolute atomic E-state index is 0.0310. The fourth-order valence-electron chi connectivity index (χ4n) is 2.63. The van der Waals surface area contributed by atoms with Crippen molar-refractivity contribution in [2.75, 3.05) is 12.3 Å². The Morgan fingerprint density at radius 2 is 1.79 bits per heavy atom. The van der Waals surface area contributed by atoms with Crippen LogP contribution in [0, 0.1) is 6.92 Å². The van der Waals surface area contributed by atoms with E-state index >= 15 is 0 Å². The van der Waals surface area contributed by atoms with Crippen LogP contribution >= 0.6 is 23.1 Å². The number of Topliss-reactive ketones (excluding diaryl/α,β-unsaturated/α-hetero) is 1. The van der Waals surface area contributed by atoms with Crippen LogP contribution in [0.1, 0.15) is 28.4 Å². The Bertz CT molecular complexity index is 947. The number of carbonyl (C=O) groups excluding carboxylic acids is 2. The van der Waals surface area contributed by atoms with Crippen LogP contribution in [0.4, 0.5) is 0 Å². The largest absolute Gasteiger partial charge is 0.356 e. The van der Waals surface area contributed by atoms with E-state index in [-0.39, 0.29) is 11.7 Å². The molecule has 0 saturated carbocycles. The Morgan fingerprint density at radius 3 is 2.46 bits per heavy atom. The van der Waals surface area contributed by atoms with E-state index in [0.717, 1.165) is 27.6 Å². The Hall–Kier alpha value is -2.44. The van der Waals surface area contributed by atoms with Gasteiger partial charge in [-0.2, -0.15) is 0 Å². The third-order valence-corrected chi connectivity index (χ3v) is 6.24. The number of rotatable bonds is 8. The predicted octanol–water partition coefficient (Wildman–Crippen LogP) is 4.77. The summed E-state index contributed by atoms with van der Waals surface area (Å²) in [5.41, 5.74) is 5.06. The molecule has 0 radical (unpaired) electrons. The van der Waals surface area contributed by atoms with Gasteiger partial charge in [0.1, 0.15) is 0 Å². The molecule has 0 saturated heterocycles. The smallest absolute Gasteiger partial charge is 0.216 e. The van der Waals surface area contributed by atoms with Crippen LogP contribution in [0.25, 0.3) is 11.3 Å². The summed E-state index contributed by atoms with van der Waals surface area (Å²) in [6, 6.07) is 15.9. The second kappa shape index (κ2) is 9.66. The molecular formula is C22H22N2O2S2. The topological polar surface area (TPSA) is 59.1 Å². The highest BCUT2D eigenvalue weighted by molar-refractivity contribution is 8.01. The first kappa shape index (κ1) is 20.3. The van der Waals surface area contributed by atoms with E-state index < -0.39 is 0 Å². The number of aromatic nitrogens is 1. The number of nitrogens with zero attached hydrogens (tertiary/aromatic N) is 1. The van der Waals surface area contributed by atoms with E-state index in [0.29, 0.717) is 17.9 Å². The molecule has 0 bridgehead atoms. The molecule has 2 aromatic carbocycles. The average molecular weight is 411 g/mol. The predicted molar refractivity (Wildman–Crippen MR) is 116 cm³/mol. The summed E-state index contributed by atoms with van der Waals surface area (Å²) in [7, 11) is 0. The maximum Gasteiger partial charge on any atom is 0.216 e. The number of amides is 1. The zero-order chi connectivity index (χ0) is 19.9. The van der Waals surface area contributed by atoms with Gasteiger partial charge in [-0.3, -0.25) is 9.59 Å². The molecule has 3 rings (SSSR count). The third kappa shape index (κ3) is 5.78. The average Bonchev–Trinajstić information content (AvgIpc) is 3.16. The minimum atomic E-state index is -0.0310. The Kier molecular flexibility index (Phi) is 7.01. The van der Waals surface area contributed by atoms with Crippen LogP contribution in [-0.4, -0.2) is 29.0 Å². The van der Waals surface area contributed by atoms with Gasteiger partial charge in [-0.05, 0) is 18.9 Å². The number of thioether (sulfide) groups is 1. The lowest BCUT2D eigenvalue weighted by molar-refractivity contribution is -0.118. The van der Waals surface area contributed by atoms with E-state index in [1.165, 1.54) is 24.2 Å². The van der Waals surface area contributed by atoms with Crippen LogP contribution in [0.15, 0.2) is 58.3 Å². The molecule has 1 heterocycles. The lowest BCUT2D eigenvalue weighted by Gasteiger charge is -2.04. The van der Waals surface area contributed by atoms with Crippen molar-refractivity contribution in [3.8, 4) is 11.3 Å². The molecule has 1 N–H and O–H groups in total. The van der Waals surface area contributed by atoms with Crippen molar-refractivity contribution in [3.05, 3.63) is 70.6 Å². The molecule has 0 aliphatic rings. The van der Waals surface area contributed by atoms with Gasteiger partial charge in [-0.15, -0.1) is 11.3 Å². The number of nitrogens with one attached hydrogen (secondary N) is 1. The number of thiazole rings is 1. The van der Waals surface area contributed by atoms with Crippen molar-refractivity contribution in [3.63, 3.8) is 0 Å². The first-order chi connectivity index (χ1) is 13.5. The maximum absolute atomic E-state index is 12.4. The lowest BCUT2D eigenvalue weighted by Crippen LogP contribution is -2.22. The second-order valence-corrected chi connectivity index (χ2v) is 8.59. The normalized spacial score (nSPS) is 10.6. The molecule has 0 aliphatic heterocycles. The number of benzene rings is 2. The highest BCUT2D eigenvalue weighted by Crippen LogP contribution is 2.28. The summed E-state index contributed by atoms with van der Waals surface area (Å²) < 4.78 is 0.899. The van der Waals surface area contributed by atoms with E-state index in [1.54, 1.807) is 11.3 Å². The summed E-state index contributed by atoms with van der Waals surface area (Å²) in [4.78, 5) is 28.0. The monoisotopic (exact) mass is 410 g/mol. The van der Waals surface area contributed by atoms with Crippen molar-refractivity contribution in [1.29, 1.82) is 0 Å². The van der Waals surface area contributed by atoms with Gasteiger partial charge in [0.05, 0.1) is 11.4 Å². The van der Waals surface area contributed by atoms with Crippen molar-refractivity contribution in [1.82, 2.24) is 10.3 Å². The Morgan fingerprint density at radius 1 is 1.07 bits per heavy atom. The molecule has 1 amide bonds. The lowest BCUT2D eigenvalue weighted by atomic mass is 10.1. The third-order valence-electron chi connectivity index (χ3n) is 4.22. The molecular weight excluding hydrogens is 388 g/mol. The molecule has 0 atom stereocenters. The van der Waals surface area contributed by atoms with Crippen LogP contribution in [0.2, 0.25) is 0 Å². The zero-order valence-electron chi connectivity index (χ0n) is 15.9. The molecule has 28 heavy (non-hydrogen) atoms. The fraction of sp³-hybridized carbons (Fsp3) is 0.227. The van der Waals surface area contributed by atoms with E-state index in [1.807, 2.05) is 29.6 Å². The second-order valence-electron chi connectivity index (χ2n) is 6.51. The van der Waals surface area contributed by atoms with Gasteiger partial charge in [0.2, 0.25) is 5.91 Å². The first-order valence-corrected chi connectivity index (χ1v) is 10.9. The van der Waals surface area contributed by atoms with Crippen LogP contribution in [-0.2, 0) is 11.2 Å². The SMILES string of the molecule is CC(=O)NCCc1ccc(C(=O)CSc2nc(-c3ccc(C)cc3)cs2)cc1. The number of hydrogen-bond acceptors (Lipinski definition) is 5. The van der Waals surface area contributed by atoms with Crippen molar-refractivity contribution in [2.24, 2.45) is 0 Å². The molecule has 1 aromatic heterocycles. The Labute approximate surface area is 173 Å². The van der Waals surface area contributed by atoms with E-state index in [2.05, 4.69) is 41.5 Å². The summed E-state index contributed by atoms with van der Waals surface area (Å²) in [5.74, 6) is 0.425. The van der Waals surface area contributed by atoms with Gasteiger partial charge in [0.25, 0.3) is 0 Å². The van der Waals surface area contributed by atoms with Gasteiger partial charge in [-0.1, -0.05) is 65.9 Å². The highest BCUT2D eigenvalue weighted by atomic mass is 32.2. The van der Waals surface area contributed by atoms with Gasteiger partial charge in [0, 0.05) is 30.0 Å². The summed E-state index contributed by atoms with van der Waals surface area (Å²) in [6.45, 7) is 4.17. The van der Waals surface area contributed by atoms with Crippen LogP contribution in [0.5, 0.6) is 0 Å². The van der Waals surface area contributed by atoms with Crippen LogP contribution < -0.4 is 5.32 Å². The van der Waals surface area contributed by atoms with Crippen LogP contribution in [0.3, 0.4) is 0 Å². The number of ketones is 1. The Balaban J connectivity index is 1.52. The molecule has 144 valence electrons. The van der Waals surface area contributed by atoms with Gasteiger partial charge in [0.15, 0.2) is 10.1 Å². The van der Waals surface area contributed by atoms with Crippen molar-refractivity contribution in [2.45, 2.75) is 24.6 Å². The molecule has 0 spiro atoms. The number of carbonyl (C=O) groups is 2. The maximum atomic E-state index is 12.4. The summed E-state index contributed by atoms with van der Waals surface area (Å²) in [5, 5.41) is 4.80. The minimum Gasteiger partial charge on any atom is -0.356 e.